The number of allylic oxidation sites excluding steroid dienone is 1. The maximum Gasteiger partial charge on any atom is 0.170 e. The molecule has 0 N–H and O–H groups in total. The van der Waals surface area contributed by atoms with Crippen LogP contribution in [0.5, 0.6) is 11.5 Å². The van der Waals surface area contributed by atoms with Crippen LogP contribution in [-0.2, 0) is 0 Å². The molecule has 16 heavy (non-hydrogen) atoms. The second kappa shape index (κ2) is 3.57. The zero-order valence-electron chi connectivity index (χ0n) is 9.57. The summed E-state index contributed by atoms with van der Waals surface area (Å²) in [7, 11) is 1.59. The Labute approximate surface area is 94.9 Å². The molecule has 0 saturated carbocycles. The van der Waals surface area contributed by atoms with E-state index in [4.69, 9.17) is 14.7 Å². The van der Waals surface area contributed by atoms with E-state index >= 15 is 0 Å². The summed E-state index contributed by atoms with van der Waals surface area (Å²) in [6.07, 6.45) is 1.83. The number of nitrogens with zero attached hydrogens (tertiary/aromatic N) is 1. The highest BCUT2D eigenvalue weighted by molar-refractivity contribution is 5.83. The van der Waals surface area contributed by atoms with Gasteiger partial charge in [0, 0.05) is 5.56 Å². The average Bonchev–Trinajstić information content (AvgIpc) is 2.26. The molecule has 0 spiro atoms. The summed E-state index contributed by atoms with van der Waals surface area (Å²) in [5.74, 6) is 1.31. The normalized spacial score (nSPS) is 16.5. The minimum absolute atomic E-state index is 0.479. The molecule has 0 radical (unpaired) electrons. The third-order valence-corrected chi connectivity index (χ3v) is 2.47. The lowest BCUT2D eigenvalue weighted by molar-refractivity contribution is 0.151. The molecule has 0 saturated heterocycles. The van der Waals surface area contributed by atoms with Crippen LogP contribution >= 0.6 is 0 Å². The van der Waals surface area contributed by atoms with Gasteiger partial charge in [-0.25, -0.2) is 0 Å². The van der Waals surface area contributed by atoms with Gasteiger partial charge < -0.3 is 9.47 Å². The maximum atomic E-state index is 9.12. The van der Waals surface area contributed by atoms with E-state index in [1.54, 1.807) is 7.11 Å². The lowest BCUT2D eigenvalue weighted by Gasteiger charge is -2.30. The van der Waals surface area contributed by atoms with Gasteiger partial charge in [-0.3, -0.25) is 0 Å². The number of rotatable bonds is 1. The molecule has 2 rings (SSSR count). The zero-order valence-corrected chi connectivity index (χ0v) is 9.57. The smallest absolute Gasteiger partial charge is 0.170 e. The van der Waals surface area contributed by atoms with Gasteiger partial charge in [0.05, 0.1) is 18.8 Å². The van der Waals surface area contributed by atoms with Crippen molar-refractivity contribution in [3.63, 3.8) is 0 Å². The number of benzene rings is 1. The molecule has 0 fully saturated rings. The SMILES string of the molecule is COc1cccc2c1OC(C)(C)C=C2C#N. The van der Waals surface area contributed by atoms with Crippen LogP contribution in [-0.4, -0.2) is 12.7 Å². The molecule has 1 aliphatic heterocycles. The molecule has 0 atom stereocenters. The maximum absolute atomic E-state index is 9.12. The number of methoxy groups -OCH3 is 1. The van der Waals surface area contributed by atoms with E-state index in [0.717, 1.165) is 5.56 Å². The van der Waals surface area contributed by atoms with Crippen LogP contribution in [0.4, 0.5) is 0 Å². The van der Waals surface area contributed by atoms with Crippen molar-refractivity contribution < 1.29 is 9.47 Å². The van der Waals surface area contributed by atoms with Crippen molar-refractivity contribution >= 4 is 5.57 Å². The molecule has 0 unspecified atom stereocenters. The Morgan fingerprint density at radius 1 is 1.38 bits per heavy atom. The fourth-order valence-electron chi connectivity index (χ4n) is 1.80. The second-order valence-corrected chi connectivity index (χ2v) is 4.21. The molecule has 0 aliphatic carbocycles. The fourth-order valence-corrected chi connectivity index (χ4v) is 1.80. The molecule has 82 valence electrons. The van der Waals surface area contributed by atoms with Gasteiger partial charge in [-0.05, 0) is 32.1 Å². The summed E-state index contributed by atoms with van der Waals surface area (Å²) in [4.78, 5) is 0. The highest BCUT2D eigenvalue weighted by Gasteiger charge is 2.28. The summed E-state index contributed by atoms with van der Waals surface area (Å²) in [6, 6.07) is 7.74. The van der Waals surface area contributed by atoms with Crippen LogP contribution in [0.1, 0.15) is 19.4 Å². The van der Waals surface area contributed by atoms with Crippen LogP contribution in [0.3, 0.4) is 0 Å². The first-order valence-electron chi connectivity index (χ1n) is 5.07. The van der Waals surface area contributed by atoms with Gasteiger partial charge in [-0.2, -0.15) is 5.26 Å². The lowest BCUT2D eigenvalue weighted by atomic mass is 9.95. The van der Waals surface area contributed by atoms with Crippen LogP contribution < -0.4 is 9.47 Å². The highest BCUT2D eigenvalue weighted by Crippen LogP contribution is 2.41. The predicted octanol–water partition coefficient (Wildman–Crippen LogP) is 2.77. The van der Waals surface area contributed by atoms with Gasteiger partial charge in [0.15, 0.2) is 11.5 Å². The van der Waals surface area contributed by atoms with Crippen LogP contribution in [0.15, 0.2) is 24.3 Å². The summed E-state index contributed by atoms with van der Waals surface area (Å²) >= 11 is 0. The van der Waals surface area contributed by atoms with Crippen molar-refractivity contribution in [1.29, 1.82) is 5.26 Å². The monoisotopic (exact) mass is 215 g/mol. The Balaban J connectivity index is 2.65. The lowest BCUT2D eigenvalue weighted by Crippen LogP contribution is -2.29. The minimum atomic E-state index is -0.479. The van der Waals surface area contributed by atoms with Crippen molar-refractivity contribution in [2.75, 3.05) is 7.11 Å². The number of hydrogen-bond acceptors (Lipinski definition) is 3. The van der Waals surface area contributed by atoms with Gasteiger partial charge in [0.25, 0.3) is 0 Å². The molecule has 3 heteroatoms. The van der Waals surface area contributed by atoms with Gasteiger partial charge in [-0.1, -0.05) is 6.07 Å². The predicted molar refractivity (Wildman–Crippen MR) is 61.3 cm³/mol. The third-order valence-electron chi connectivity index (χ3n) is 2.47. The molecular formula is C13H13NO2. The van der Waals surface area contributed by atoms with Gasteiger partial charge >= 0.3 is 0 Å². The van der Waals surface area contributed by atoms with Crippen molar-refractivity contribution in [2.24, 2.45) is 0 Å². The molecule has 1 heterocycles. The Morgan fingerprint density at radius 3 is 2.75 bits per heavy atom. The standard InChI is InChI=1S/C13H13NO2/c1-13(2)7-9(8-14)10-5-4-6-11(15-3)12(10)16-13/h4-7H,1-3H3. The first-order valence-corrected chi connectivity index (χ1v) is 5.07. The molecule has 3 nitrogen and oxygen atoms in total. The van der Waals surface area contributed by atoms with Gasteiger partial charge in [0.1, 0.15) is 5.60 Å². The number of hydrogen-bond donors (Lipinski definition) is 0. The molecule has 1 aromatic carbocycles. The van der Waals surface area contributed by atoms with E-state index in [1.807, 2.05) is 38.1 Å². The molecule has 1 aliphatic rings. The zero-order chi connectivity index (χ0) is 11.8. The number of fused-ring (bicyclic) bond motifs is 1. The van der Waals surface area contributed by atoms with Crippen LogP contribution in [0.25, 0.3) is 5.57 Å². The van der Waals surface area contributed by atoms with Crippen LogP contribution in [0.2, 0.25) is 0 Å². The third kappa shape index (κ3) is 1.63. The van der Waals surface area contributed by atoms with Gasteiger partial charge in [0.2, 0.25) is 0 Å². The van der Waals surface area contributed by atoms with Crippen LogP contribution in [0, 0.1) is 11.3 Å². The highest BCUT2D eigenvalue weighted by atomic mass is 16.5. The topological polar surface area (TPSA) is 42.2 Å². The van der Waals surface area contributed by atoms with E-state index in [1.165, 1.54) is 0 Å². The van der Waals surface area contributed by atoms with E-state index in [2.05, 4.69) is 6.07 Å². The molecule has 1 aromatic rings. The average molecular weight is 215 g/mol. The molecular weight excluding hydrogens is 202 g/mol. The first-order chi connectivity index (χ1) is 7.57. The largest absolute Gasteiger partial charge is 0.493 e. The molecule has 0 amide bonds. The number of para-hydroxylation sites is 1. The van der Waals surface area contributed by atoms with Gasteiger partial charge in [-0.15, -0.1) is 0 Å². The van der Waals surface area contributed by atoms with E-state index in [-0.39, 0.29) is 0 Å². The summed E-state index contributed by atoms with van der Waals surface area (Å²) < 4.78 is 11.1. The quantitative estimate of drug-likeness (QED) is 0.723. The number of ether oxygens (including phenoxy) is 2. The summed E-state index contributed by atoms with van der Waals surface area (Å²) in [5.41, 5.74) is 0.943. The Morgan fingerprint density at radius 2 is 2.12 bits per heavy atom. The van der Waals surface area contributed by atoms with E-state index in [0.29, 0.717) is 17.1 Å². The van der Waals surface area contributed by atoms with E-state index < -0.39 is 5.60 Å². The summed E-state index contributed by atoms with van der Waals surface area (Å²) in [6.45, 7) is 3.83. The molecule has 0 aromatic heterocycles. The second-order valence-electron chi connectivity index (χ2n) is 4.21. The Hall–Kier alpha value is -1.95. The molecule has 0 bridgehead atoms. The van der Waals surface area contributed by atoms with Crippen molar-refractivity contribution in [2.45, 2.75) is 19.4 Å². The minimum Gasteiger partial charge on any atom is -0.493 e. The first kappa shape index (κ1) is 10.6. The number of nitriles is 1. The Kier molecular flexibility index (Phi) is 2.35. The summed E-state index contributed by atoms with van der Waals surface area (Å²) in [5, 5.41) is 9.12. The van der Waals surface area contributed by atoms with Crippen molar-refractivity contribution in [3.05, 3.63) is 29.8 Å². The fraction of sp³-hybridized carbons (Fsp3) is 0.308. The Bertz CT molecular complexity index is 495. The van der Waals surface area contributed by atoms with E-state index in [9.17, 15) is 0 Å². The van der Waals surface area contributed by atoms with Crippen molar-refractivity contribution in [3.8, 4) is 17.6 Å². The van der Waals surface area contributed by atoms with Crippen molar-refractivity contribution in [1.82, 2.24) is 0 Å².